The van der Waals surface area contributed by atoms with Gasteiger partial charge in [0.05, 0.1) is 23.5 Å². The maximum absolute atomic E-state index is 9.86. The summed E-state index contributed by atoms with van der Waals surface area (Å²) in [5.74, 6) is 0.441. The molecular weight excluding hydrogens is 344 g/mol. The molecule has 0 amide bonds. The van der Waals surface area contributed by atoms with E-state index in [2.05, 4.69) is 26.5 Å². The largest absolute Gasteiger partial charge is 0.503 e. The van der Waals surface area contributed by atoms with Crippen molar-refractivity contribution in [1.82, 2.24) is 0 Å². The van der Waals surface area contributed by atoms with Crippen LogP contribution in [0.1, 0.15) is 5.56 Å². The van der Waals surface area contributed by atoms with E-state index in [0.717, 1.165) is 11.3 Å². The number of nitrogens with zero attached hydrogens (tertiary/aromatic N) is 1. The fourth-order valence-corrected chi connectivity index (χ4v) is 2.18. The number of rotatable bonds is 4. The standard InChI is InChI=1S/C14H12BrClN2O2/c1-20-12-6-5-9(13(15)14(12)19)8-17-18-11-4-2-3-10(16)7-11/h2-8,18-19H,1H3. The van der Waals surface area contributed by atoms with Gasteiger partial charge in [-0.1, -0.05) is 17.7 Å². The van der Waals surface area contributed by atoms with Crippen molar-refractivity contribution in [2.24, 2.45) is 5.10 Å². The van der Waals surface area contributed by atoms with Crippen LogP contribution in [0.2, 0.25) is 5.02 Å². The number of benzene rings is 2. The first-order valence-corrected chi connectivity index (χ1v) is 6.89. The van der Waals surface area contributed by atoms with Crippen LogP contribution in [-0.4, -0.2) is 18.4 Å². The van der Waals surface area contributed by atoms with Crippen LogP contribution in [0.15, 0.2) is 46.0 Å². The van der Waals surface area contributed by atoms with Crippen LogP contribution in [0.4, 0.5) is 5.69 Å². The zero-order valence-electron chi connectivity index (χ0n) is 10.6. The van der Waals surface area contributed by atoms with Gasteiger partial charge in [0.15, 0.2) is 11.5 Å². The summed E-state index contributed by atoms with van der Waals surface area (Å²) in [5.41, 5.74) is 4.36. The van der Waals surface area contributed by atoms with E-state index in [4.69, 9.17) is 16.3 Å². The van der Waals surface area contributed by atoms with Crippen LogP contribution in [-0.2, 0) is 0 Å². The first-order chi connectivity index (χ1) is 9.61. The Labute approximate surface area is 130 Å². The van der Waals surface area contributed by atoms with Crippen molar-refractivity contribution in [3.8, 4) is 11.5 Å². The minimum Gasteiger partial charge on any atom is -0.503 e. The Morgan fingerprint density at radius 2 is 2.15 bits per heavy atom. The molecule has 0 atom stereocenters. The van der Waals surface area contributed by atoms with E-state index in [-0.39, 0.29) is 5.75 Å². The lowest BCUT2D eigenvalue weighted by molar-refractivity contribution is 0.372. The number of halogens is 2. The highest BCUT2D eigenvalue weighted by atomic mass is 79.9. The van der Waals surface area contributed by atoms with Gasteiger partial charge in [-0.05, 0) is 46.3 Å². The number of aromatic hydroxyl groups is 1. The number of methoxy groups -OCH3 is 1. The monoisotopic (exact) mass is 354 g/mol. The maximum Gasteiger partial charge on any atom is 0.172 e. The Hall–Kier alpha value is -1.72. The Kier molecular flexibility index (Phi) is 4.87. The predicted molar refractivity (Wildman–Crippen MR) is 85.0 cm³/mol. The van der Waals surface area contributed by atoms with E-state index in [1.807, 2.05) is 12.1 Å². The topological polar surface area (TPSA) is 53.8 Å². The lowest BCUT2D eigenvalue weighted by atomic mass is 10.2. The van der Waals surface area contributed by atoms with Crippen LogP contribution in [0.5, 0.6) is 11.5 Å². The molecule has 2 aromatic carbocycles. The van der Waals surface area contributed by atoms with Gasteiger partial charge in [0.2, 0.25) is 0 Å². The van der Waals surface area contributed by atoms with E-state index < -0.39 is 0 Å². The molecule has 104 valence electrons. The fourth-order valence-electron chi connectivity index (χ4n) is 1.56. The molecule has 4 nitrogen and oxygen atoms in total. The second-order valence-corrected chi connectivity index (χ2v) is 5.13. The molecule has 20 heavy (non-hydrogen) atoms. The van der Waals surface area contributed by atoms with Crippen LogP contribution in [0.3, 0.4) is 0 Å². The molecule has 2 rings (SSSR count). The summed E-state index contributed by atoms with van der Waals surface area (Å²) in [6, 6.07) is 10.7. The smallest absolute Gasteiger partial charge is 0.172 e. The molecule has 6 heteroatoms. The molecule has 0 heterocycles. The number of phenols is 1. The van der Waals surface area contributed by atoms with Gasteiger partial charge >= 0.3 is 0 Å². The molecule has 0 aromatic heterocycles. The molecule has 0 aliphatic rings. The summed E-state index contributed by atoms with van der Waals surface area (Å²) in [7, 11) is 1.50. The number of hydrazone groups is 1. The highest BCUT2D eigenvalue weighted by Gasteiger charge is 2.09. The molecule has 0 saturated carbocycles. The Balaban J connectivity index is 2.14. The summed E-state index contributed by atoms with van der Waals surface area (Å²) >= 11 is 9.17. The van der Waals surface area contributed by atoms with Crippen molar-refractivity contribution in [2.75, 3.05) is 12.5 Å². The third-order valence-corrected chi connectivity index (χ3v) is 3.62. The Bertz CT molecular complexity index is 647. The van der Waals surface area contributed by atoms with Crippen molar-refractivity contribution in [3.63, 3.8) is 0 Å². The Morgan fingerprint density at radius 1 is 1.35 bits per heavy atom. The number of phenolic OH excluding ortho intramolecular Hbond substituents is 1. The molecular formula is C14H12BrClN2O2. The Morgan fingerprint density at radius 3 is 2.85 bits per heavy atom. The van der Waals surface area contributed by atoms with Gasteiger partial charge in [0.1, 0.15) is 0 Å². The van der Waals surface area contributed by atoms with E-state index in [9.17, 15) is 5.11 Å². The molecule has 0 radical (unpaired) electrons. The van der Waals surface area contributed by atoms with E-state index in [1.165, 1.54) is 7.11 Å². The van der Waals surface area contributed by atoms with Crippen LogP contribution < -0.4 is 10.2 Å². The van der Waals surface area contributed by atoms with Crippen molar-refractivity contribution < 1.29 is 9.84 Å². The van der Waals surface area contributed by atoms with E-state index in [0.29, 0.717) is 15.2 Å². The van der Waals surface area contributed by atoms with Crippen molar-refractivity contribution >= 4 is 39.4 Å². The van der Waals surface area contributed by atoms with Gasteiger partial charge < -0.3 is 9.84 Å². The van der Waals surface area contributed by atoms with Gasteiger partial charge in [-0.15, -0.1) is 0 Å². The molecule has 2 aromatic rings. The second kappa shape index (κ2) is 6.63. The van der Waals surface area contributed by atoms with Gasteiger partial charge in [-0.25, -0.2) is 0 Å². The molecule has 0 aliphatic carbocycles. The number of nitrogens with one attached hydrogen (secondary N) is 1. The normalized spacial score (nSPS) is 10.8. The molecule has 0 aliphatic heterocycles. The summed E-state index contributed by atoms with van der Waals surface area (Å²) in [4.78, 5) is 0. The molecule has 0 fully saturated rings. The average molecular weight is 356 g/mol. The van der Waals surface area contributed by atoms with Crippen LogP contribution >= 0.6 is 27.5 Å². The lowest BCUT2D eigenvalue weighted by Crippen LogP contribution is -1.93. The van der Waals surface area contributed by atoms with Crippen LogP contribution in [0.25, 0.3) is 0 Å². The molecule has 0 saturated heterocycles. The minimum atomic E-state index is 0.0409. The van der Waals surface area contributed by atoms with Crippen molar-refractivity contribution in [1.29, 1.82) is 0 Å². The van der Waals surface area contributed by atoms with Crippen molar-refractivity contribution in [3.05, 3.63) is 51.5 Å². The van der Waals surface area contributed by atoms with Gasteiger partial charge in [0, 0.05) is 10.6 Å². The lowest BCUT2D eigenvalue weighted by Gasteiger charge is -2.07. The fraction of sp³-hybridized carbons (Fsp3) is 0.0714. The molecule has 2 N–H and O–H groups in total. The summed E-state index contributed by atoms with van der Waals surface area (Å²) < 4.78 is 5.53. The van der Waals surface area contributed by atoms with Gasteiger partial charge in [-0.2, -0.15) is 5.10 Å². The first-order valence-electron chi connectivity index (χ1n) is 5.72. The third-order valence-electron chi connectivity index (χ3n) is 2.55. The minimum absolute atomic E-state index is 0.0409. The molecule has 0 unspecified atom stereocenters. The first kappa shape index (κ1) is 14.7. The van der Waals surface area contributed by atoms with Gasteiger partial charge in [-0.3, -0.25) is 5.43 Å². The second-order valence-electron chi connectivity index (χ2n) is 3.90. The van der Waals surface area contributed by atoms with Crippen molar-refractivity contribution in [2.45, 2.75) is 0 Å². The highest BCUT2D eigenvalue weighted by Crippen LogP contribution is 2.35. The SMILES string of the molecule is COc1ccc(C=NNc2cccc(Cl)c2)c(Br)c1O. The van der Waals surface area contributed by atoms with E-state index in [1.54, 1.807) is 30.5 Å². The average Bonchev–Trinajstić information content (AvgIpc) is 2.44. The highest BCUT2D eigenvalue weighted by molar-refractivity contribution is 9.10. The van der Waals surface area contributed by atoms with Gasteiger partial charge in [0.25, 0.3) is 0 Å². The number of ether oxygens (including phenoxy) is 1. The molecule has 0 bridgehead atoms. The number of anilines is 1. The quantitative estimate of drug-likeness (QED) is 0.636. The summed E-state index contributed by atoms with van der Waals surface area (Å²) in [5, 5.41) is 14.6. The summed E-state index contributed by atoms with van der Waals surface area (Å²) in [6.07, 6.45) is 1.59. The predicted octanol–water partition coefficient (Wildman–Crippen LogP) is 4.26. The number of hydrogen-bond donors (Lipinski definition) is 2. The zero-order valence-corrected chi connectivity index (χ0v) is 12.9. The number of hydrogen-bond acceptors (Lipinski definition) is 4. The zero-order chi connectivity index (χ0) is 14.5. The van der Waals surface area contributed by atoms with Crippen LogP contribution in [0, 0.1) is 0 Å². The third kappa shape index (κ3) is 3.43. The molecule has 0 spiro atoms. The summed E-state index contributed by atoms with van der Waals surface area (Å²) in [6.45, 7) is 0. The van der Waals surface area contributed by atoms with E-state index >= 15 is 0 Å². The maximum atomic E-state index is 9.86.